The number of alkyl halides is 1. The van der Waals surface area contributed by atoms with Gasteiger partial charge in [-0.1, -0.05) is 50.2 Å². The fourth-order valence-corrected chi connectivity index (χ4v) is 6.48. The topological polar surface area (TPSA) is 46.5 Å². The maximum absolute atomic E-state index is 12.0. The van der Waals surface area contributed by atoms with E-state index in [1.807, 2.05) is 6.92 Å². The number of rotatable bonds is 5. The first-order valence-electron chi connectivity index (χ1n) is 10.0. The Morgan fingerprint density at radius 3 is 2.50 bits per heavy atom. The largest absolute Gasteiger partial charge is 0.455 e. The average molecular weight is 429 g/mol. The van der Waals surface area contributed by atoms with Crippen molar-refractivity contribution in [2.45, 2.75) is 96.1 Å². The second-order valence-corrected chi connectivity index (χ2v) is 10.9. The van der Waals surface area contributed by atoms with Crippen LogP contribution >= 0.6 is 15.9 Å². The molecule has 0 bridgehead atoms. The van der Waals surface area contributed by atoms with Crippen molar-refractivity contribution >= 4 is 21.9 Å². The molecule has 2 aliphatic carbocycles. The van der Waals surface area contributed by atoms with E-state index in [0.717, 1.165) is 25.7 Å². The Bertz CT molecular complexity index is 560. The molecule has 0 amide bonds. The molecular formula is C22H37BrO3. The zero-order valence-corrected chi connectivity index (χ0v) is 19.0. The Labute approximate surface area is 168 Å². The highest BCUT2D eigenvalue weighted by Crippen LogP contribution is 2.64. The maximum Gasteiger partial charge on any atom is 0.303 e. The van der Waals surface area contributed by atoms with Crippen molar-refractivity contribution in [1.29, 1.82) is 0 Å². The van der Waals surface area contributed by atoms with E-state index in [1.54, 1.807) is 6.08 Å². The minimum Gasteiger partial charge on any atom is -0.455 e. The molecule has 0 aromatic heterocycles. The standard InChI is InChI=1S/C22H37BrO3/c1-8-20(6,26-16(3)24)13-14-22(25)15(2)9-10-17-19(4,5)18(23)11-12-21(17,22)7/h8,15,17-18,25H,1,9-14H2,2-7H3/t15-,17+,18+,20-,21+,22+/m0/s1. The summed E-state index contributed by atoms with van der Waals surface area (Å²) in [5.74, 6) is 0.400. The quantitative estimate of drug-likeness (QED) is 0.349. The summed E-state index contributed by atoms with van der Waals surface area (Å²) in [5, 5.41) is 12.0. The van der Waals surface area contributed by atoms with E-state index in [1.165, 1.54) is 6.92 Å². The lowest BCUT2D eigenvalue weighted by atomic mass is 9.44. The Morgan fingerprint density at radius 1 is 1.35 bits per heavy atom. The Hall–Kier alpha value is -0.350. The zero-order chi connectivity index (χ0) is 20.0. The first-order chi connectivity index (χ1) is 11.8. The second-order valence-electron chi connectivity index (χ2n) is 9.81. The number of ether oxygens (including phenoxy) is 1. The molecule has 0 aromatic carbocycles. The lowest BCUT2D eigenvalue weighted by Gasteiger charge is -2.64. The summed E-state index contributed by atoms with van der Waals surface area (Å²) >= 11 is 3.91. The van der Waals surface area contributed by atoms with Crippen molar-refractivity contribution < 1.29 is 14.6 Å². The van der Waals surface area contributed by atoms with Gasteiger partial charge in [-0.15, -0.1) is 0 Å². The highest BCUT2D eigenvalue weighted by Gasteiger charge is 2.62. The van der Waals surface area contributed by atoms with Gasteiger partial charge in [0.15, 0.2) is 0 Å². The van der Waals surface area contributed by atoms with Gasteiger partial charge in [0, 0.05) is 11.8 Å². The minimum absolute atomic E-state index is 0.128. The molecule has 0 unspecified atom stereocenters. The van der Waals surface area contributed by atoms with Crippen LogP contribution in [0.5, 0.6) is 0 Å². The van der Waals surface area contributed by atoms with Crippen molar-refractivity contribution in [2.24, 2.45) is 22.7 Å². The molecule has 1 N–H and O–H groups in total. The normalized spacial score (nSPS) is 41.6. The van der Waals surface area contributed by atoms with E-state index in [4.69, 9.17) is 4.74 Å². The molecule has 26 heavy (non-hydrogen) atoms. The third-order valence-corrected chi connectivity index (χ3v) is 9.53. The summed E-state index contributed by atoms with van der Waals surface area (Å²) in [6.07, 6.45) is 7.23. The predicted molar refractivity (Wildman–Crippen MR) is 110 cm³/mol. The van der Waals surface area contributed by atoms with Crippen LogP contribution in [0.15, 0.2) is 12.7 Å². The number of carbonyl (C=O) groups is 1. The molecule has 6 atom stereocenters. The van der Waals surface area contributed by atoms with E-state index in [9.17, 15) is 9.90 Å². The van der Waals surface area contributed by atoms with E-state index in [-0.39, 0.29) is 22.7 Å². The molecule has 2 saturated carbocycles. The second kappa shape index (κ2) is 7.24. The molecule has 2 aliphatic rings. The van der Waals surface area contributed by atoms with Crippen LogP contribution in [0.3, 0.4) is 0 Å². The summed E-state index contributed by atoms with van der Waals surface area (Å²) in [5.41, 5.74) is -1.47. The molecule has 4 heteroatoms. The summed E-state index contributed by atoms with van der Waals surface area (Å²) in [4.78, 5) is 12.0. The first-order valence-corrected chi connectivity index (χ1v) is 10.9. The van der Waals surface area contributed by atoms with Crippen LogP contribution in [0, 0.1) is 22.7 Å². The van der Waals surface area contributed by atoms with Gasteiger partial charge in [0.2, 0.25) is 0 Å². The van der Waals surface area contributed by atoms with E-state index in [2.05, 4.69) is 50.2 Å². The van der Waals surface area contributed by atoms with Crippen LogP contribution in [0.25, 0.3) is 0 Å². The van der Waals surface area contributed by atoms with Gasteiger partial charge in [-0.2, -0.15) is 0 Å². The van der Waals surface area contributed by atoms with Crippen LogP contribution in [0.4, 0.5) is 0 Å². The van der Waals surface area contributed by atoms with E-state index in [0.29, 0.717) is 23.6 Å². The molecular weight excluding hydrogens is 392 g/mol. The van der Waals surface area contributed by atoms with Gasteiger partial charge < -0.3 is 9.84 Å². The lowest BCUT2D eigenvalue weighted by molar-refractivity contribution is -0.214. The molecule has 0 heterocycles. The van der Waals surface area contributed by atoms with Crippen molar-refractivity contribution in [2.75, 3.05) is 0 Å². The van der Waals surface area contributed by atoms with Gasteiger partial charge in [-0.05, 0) is 74.2 Å². The third-order valence-electron chi connectivity index (χ3n) is 7.90. The number of halogens is 1. The van der Waals surface area contributed by atoms with Gasteiger partial charge >= 0.3 is 5.97 Å². The first kappa shape index (κ1) is 21.9. The fourth-order valence-electron chi connectivity index (χ4n) is 5.93. The predicted octanol–water partition coefficient (Wildman–Crippen LogP) is 5.64. The Morgan fingerprint density at radius 2 is 1.96 bits per heavy atom. The van der Waals surface area contributed by atoms with Crippen molar-refractivity contribution in [3.63, 3.8) is 0 Å². The molecule has 3 nitrogen and oxygen atoms in total. The summed E-state index contributed by atoms with van der Waals surface area (Å²) in [6.45, 7) is 16.3. The number of hydrogen-bond acceptors (Lipinski definition) is 3. The van der Waals surface area contributed by atoms with Crippen LogP contribution in [0.1, 0.15) is 80.1 Å². The number of carbonyl (C=O) groups excluding carboxylic acids is 1. The molecule has 2 rings (SSSR count). The van der Waals surface area contributed by atoms with E-state index < -0.39 is 11.2 Å². The summed E-state index contributed by atoms with van der Waals surface area (Å²) in [6, 6.07) is 0. The average Bonchev–Trinajstić information content (AvgIpc) is 2.54. The SMILES string of the molecule is C=C[C@@](C)(CC[C@@]1(O)[C@@H](C)CC[C@@H]2C(C)(C)[C@H](Br)CC[C@]21C)OC(C)=O. The maximum atomic E-state index is 12.0. The van der Waals surface area contributed by atoms with Gasteiger partial charge in [-0.25, -0.2) is 0 Å². The van der Waals surface area contributed by atoms with Crippen LogP contribution in [0.2, 0.25) is 0 Å². The number of esters is 1. The smallest absolute Gasteiger partial charge is 0.303 e. The fraction of sp³-hybridized carbons (Fsp3) is 0.864. The molecule has 0 radical (unpaired) electrons. The van der Waals surface area contributed by atoms with Crippen LogP contribution in [-0.4, -0.2) is 27.1 Å². The number of aliphatic hydroxyl groups is 1. The lowest BCUT2D eigenvalue weighted by Crippen LogP contribution is -2.64. The van der Waals surface area contributed by atoms with Crippen molar-refractivity contribution in [3.05, 3.63) is 12.7 Å². The minimum atomic E-state index is -0.759. The van der Waals surface area contributed by atoms with Gasteiger partial charge in [0.25, 0.3) is 0 Å². The highest BCUT2D eigenvalue weighted by atomic mass is 79.9. The molecule has 0 saturated heterocycles. The summed E-state index contributed by atoms with van der Waals surface area (Å²) < 4.78 is 5.51. The monoisotopic (exact) mass is 428 g/mol. The van der Waals surface area contributed by atoms with Crippen molar-refractivity contribution in [3.8, 4) is 0 Å². The molecule has 2 fully saturated rings. The van der Waals surface area contributed by atoms with Gasteiger partial charge in [0.05, 0.1) is 5.60 Å². The number of hydrogen-bond donors (Lipinski definition) is 1. The molecule has 150 valence electrons. The highest BCUT2D eigenvalue weighted by molar-refractivity contribution is 9.09. The van der Waals surface area contributed by atoms with Gasteiger partial charge in [0.1, 0.15) is 5.60 Å². The third kappa shape index (κ3) is 3.53. The molecule has 0 aromatic rings. The molecule has 0 spiro atoms. The Kier molecular flexibility index (Phi) is 6.11. The van der Waals surface area contributed by atoms with Gasteiger partial charge in [-0.3, -0.25) is 4.79 Å². The number of fused-ring (bicyclic) bond motifs is 1. The zero-order valence-electron chi connectivity index (χ0n) is 17.4. The van der Waals surface area contributed by atoms with Crippen LogP contribution < -0.4 is 0 Å². The van der Waals surface area contributed by atoms with Crippen LogP contribution in [-0.2, 0) is 9.53 Å². The Balaban J connectivity index is 2.32. The van der Waals surface area contributed by atoms with Crippen molar-refractivity contribution in [1.82, 2.24) is 0 Å². The summed E-state index contributed by atoms with van der Waals surface area (Å²) in [7, 11) is 0. The molecule has 0 aliphatic heterocycles. The van der Waals surface area contributed by atoms with E-state index >= 15 is 0 Å².